The monoisotopic (exact) mass is 282 g/mol. The molecule has 106 valence electrons. The van der Waals surface area contributed by atoms with Gasteiger partial charge in [-0.15, -0.1) is 11.6 Å². The molecule has 0 spiro atoms. The second kappa shape index (κ2) is 5.95. The van der Waals surface area contributed by atoms with Gasteiger partial charge in [0.25, 0.3) is 0 Å². The Labute approximate surface area is 119 Å². The largest absolute Gasteiger partial charge is 0.309 e. The van der Waals surface area contributed by atoms with Gasteiger partial charge in [-0.05, 0) is 19.3 Å². The molecule has 0 radical (unpaired) electrons. The van der Waals surface area contributed by atoms with Crippen molar-refractivity contribution in [2.45, 2.75) is 58.4 Å². The maximum Gasteiger partial charge on any atom is 0.158 e. The molecule has 1 atom stereocenters. The van der Waals surface area contributed by atoms with Crippen LogP contribution in [-0.4, -0.2) is 19.3 Å². The lowest BCUT2D eigenvalue weighted by atomic mass is 10.1. The van der Waals surface area contributed by atoms with Gasteiger partial charge >= 0.3 is 0 Å². The number of aryl methyl sites for hydroxylation is 2. The molecule has 2 rings (SSSR count). The number of alkyl halides is 1. The summed E-state index contributed by atoms with van der Waals surface area (Å²) in [5.41, 5.74) is 3.21. The molecule has 0 aliphatic heterocycles. The Balaban J connectivity index is 2.65. The molecular formula is C14H23ClN4. The summed E-state index contributed by atoms with van der Waals surface area (Å²) in [6.45, 7) is 6.56. The van der Waals surface area contributed by atoms with Crippen LogP contribution in [-0.2, 0) is 19.3 Å². The van der Waals surface area contributed by atoms with Gasteiger partial charge in [0.05, 0.1) is 11.6 Å². The highest BCUT2D eigenvalue weighted by Gasteiger charge is 2.22. The summed E-state index contributed by atoms with van der Waals surface area (Å²) >= 11 is 6.10. The Morgan fingerprint density at radius 3 is 2.53 bits per heavy atom. The Kier molecular flexibility index (Phi) is 4.50. The second-order valence-corrected chi connectivity index (χ2v) is 5.25. The first-order valence-electron chi connectivity index (χ1n) is 7.16. The van der Waals surface area contributed by atoms with Crippen LogP contribution in [0.25, 0.3) is 11.2 Å². The normalized spacial score (nSPS) is 13.3. The summed E-state index contributed by atoms with van der Waals surface area (Å²) < 4.78 is 4.26. The summed E-state index contributed by atoms with van der Waals surface area (Å²) in [5.74, 6) is 1.43. The van der Waals surface area contributed by atoms with Crippen molar-refractivity contribution in [3.8, 4) is 0 Å². The van der Waals surface area contributed by atoms with Crippen molar-refractivity contribution >= 4 is 22.8 Å². The van der Waals surface area contributed by atoms with E-state index in [2.05, 4.69) is 30.4 Å². The second-order valence-electron chi connectivity index (χ2n) is 4.98. The molecule has 0 saturated carbocycles. The Morgan fingerprint density at radius 1 is 1.26 bits per heavy atom. The quantitative estimate of drug-likeness (QED) is 0.755. The molecule has 0 N–H and O–H groups in total. The highest BCUT2D eigenvalue weighted by Crippen LogP contribution is 2.28. The number of hydrogen-bond acceptors (Lipinski definition) is 2. The molecule has 0 aliphatic carbocycles. The molecule has 0 aromatic carbocycles. The smallest absolute Gasteiger partial charge is 0.158 e. The molecule has 5 heteroatoms. The third-order valence-corrected chi connectivity index (χ3v) is 3.96. The molecule has 2 aromatic rings. The van der Waals surface area contributed by atoms with E-state index in [9.17, 15) is 0 Å². The van der Waals surface area contributed by atoms with Crippen molar-refractivity contribution in [3.05, 3.63) is 11.5 Å². The summed E-state index contributed by atoms with van der Waals surface area (Å²) in [6, 6.07) is 0.462. The number of nitrogens with zero attached hydrogens (tertiary/aromatic N) is 4. The lowest BCUT2D eigenvalue weighted by Gasteiger charge is -2.19. The van der Waals surface area contributed by atoms with Crippen molar-refractivity contribution in [2.75, 3.05) is 0 Å². The molecule has 0 amide bonds. The van der Waals surface area contributed by atoms with Crippen LogP contribution in [0.5, 0.6) is 0 Å². The fourth-order valence-corrected chi connectivity index (χ4v) is 3.00. The molecule has 4 nitrogen and oxygen atoms in total. The van der Waals surface area contributed by atoms with Gasteiger partial charge in [-0.3, -0.25) is 4.68 Å². The number of imidazole rings is 1. The zero-order valence-corrected chi connectivity index (χ0v) is 13.0. The molecule has 0 fully saturated rings. The number of halogens is 1. The van der Waals surface area contributed by atoms with Gasteiger partial charge in [-0.25, -0.2) is 4.98 Å². The van der Waals surface area contributed by atoms with E-state index < -0.39 is 0 Å². The third kappa shape index (κ3) is 2.38. The molecule has 1 unspecified atom stereocenters. The first kappa shape index (κ1) is 14.4. The van der Waals surface area contributed by atoms with Gasteiger partial charge in [0, 0.05) is 13.1 Å². The van der Waals surface area contributed by atoms with Crippen LogP contribution in [0, 0.1) is 0 Å². The fraction of sp³-hybridized carbons (Fsp3) is 0.714. The standard InChI is InChI=1S/C14H23ClN4/c1-5-8-10(6-2)19-12(9-15)16-13-11(7-3)17-18(4)14(13)19/h10H,5-9H2,1-4H3. The fourth-order valence-electron chi connectivity index (χ4n) is 2.81. The minimum atomic E-state index is 0.456. The minimum Gasteiger partial charge on any atom is -0.309 e. The maximum absolute atomic E-state index is 6.10. The van der Waals surface area contributed by atoms with Crippen molar-refractivity contribution in [3.63, 3.8) is 0 Å². The number of aromatic nitrogens is 4. The van der Waals surface area contributed by atoms with E-state index in [0.717, 1.165) is 41.9 Å². The summed E-state index contributed by atoms with van der Waals surface area (Å²) in [4.78, 5) is 4.72. The van der Waals surface area contributed by atoms with Crippen LogP contribution in [0.2, 0.25) is 0 Å². The van der Waals surface area contributed by atoms with E-state index in [1.807, 2.05) is 11.7 Å². The van der Waals surface area contributed by atoms with E-state index >= 15 is 0 Å². The number of rotatable bonds is 6. The van der Waals surface area contributed by atoms with E-state index in [1.54, 1.807) is 0 Å². The van der Waals surface area contributed by atoms with Crippen LogP contribution in [0.1, 0.15) is 57.6 Å². The van der Waals surface area contributed by atoms with E-state index in [0.29, 0.717) is 11.9 Å². The number of hydrogen-bond donors (Lipinski definition) is 0. The van der Waals surface area contributed by atoms with Gasteiger partial charge in [0.2, 0.25) is 0 Å². The van der Waals surface area contributed by atoms with Gasteiger partial charge in [-0.1, -0.05) is 27.2 Å². The minimum absolute atomic E-state index is 0.456. The van der Waals surface area contributed by atoms with Crippen molar-refractivity contribution in [2.24, 2.45) is 7.05 Å². The summed E-state index contributed by atoms with van der Waals surface area (Å²) in [7, 11) is 2.00. The lowest BCUT2D eigenvalue weighted by Crippen LogP contribution is -2.13. The highest BCUT2D eigenvalue weighted by molar-refractivity contribution is 6.16. The summed E-state index contributed by atoms with van der Waals surface area (Å²) in [6.07, 6.45) is 4.31. The molecule has 0 bridgehead atoms. The zero-order chi connectivity index (χ0) is 14.0. The predicted molar refractivity (Wildman–Crippen MR) is 79.7 cm³/mol. The maximum atomic E-state index is 6.10. The average Bonchev–Trinajstić information content (AvgIpc) is 2.94. The van der Waals surface area contributed by atoms with E-state index in [-0.39, 0.29) is 0 Å². The van der Waals surface area contributed by atoms with Crippen molar-refractivity contribution < 1.29 is 0 Å². The van der Waals surface area contributed by atoms with Gasteiger partial charge in [0.15, 0.2) is 5.65 Å². The Bertz CT molecular complexity index is 555. The Hall–Kier alpha value is -1.03. The zero-order valence-electron chi connectivity index (χ0n) is 12.3. The molecule has 0 aliphatic rings. The Morgan fingerprint density at radius 2 is 2.00 bits per heavy atom. The number of fused-ring (bicyclic) bond motifs is 1. The van der Waals surface area contributed by atoms with Gasteiger partial charge < -0.3 is 4.57 Å². The van der Waals surface area contributed by atoms with Crippen LogP contribution in [0.15, 0.2) is 0 Å². The van der Waals surface area contributed by atoms with E-state index in [4.69, 9.17) is 16.6 Å². The first-order chi connectivity index (χ1) is 9.17. The van der Waals surface area contributed by atoms with Crippen LogP contribution in [0.3, 0.4) is 0 Å². The molecular weight excluding hydrogens is 260 g/mol. The summed E-state index contributed by atoms with van der Waals surface area (Å²) in [5, 5.41) is 4.57. The van der Waals surface area contributed by atoms with Crippen molar-refractivity contribution in [1.29, 1.82) is 0 Å². The first-order valence-corrected chi connectivity index (χ1v) is 7.69. The molecule has 2 heterocycles. The average molecular weight is 283 g/mol. The topological polar surface area (TPSA) is 35.6 Å². The van der Waals surface area contributed by atoms with Crippen molar-refractivity contribution in [1.82, 2.24) is 19.3 Å². The lowest BCUT2D eigenvalue weighted by molar-refractivity contribution is 0.441. The molecule has 0 saturated heterocycles. The predicted octanol–water partition coefficient (Wildman–Crippen LogP) is 3.82. The van der Waals surface area contributed by atoms with Gasteiger partial charge in [-0.2, -0.15) is 5.10 Å². The van der Waals surface area contributed by atoms with Crippen LogP contribution < -0.4 is 0 Å². The van der Waals surface area contributed by atoms with Crippen LogP contribution >= 0.6 is 11.6 Å². The van der Waals surface area contributed by atoms with Gasteiger partial charge in [0.1, 0.15) is 11.3 Å². The molecule has 2 aromatic heterocycles. The highest BCUT2D eigenvalue weighted by atomic mass is 35.5. The SMILES string of the molecule is CCCC(CC)n1c(CCl)nc2c(CC)nn(C)c21. The van der Waals surface area contributed by atoms with E-state index in [1.165, 1.54) is 6.42 Å². The third-order valence-electron chi connectivity index (χ3n) is 3.72. The molecule has 19 heavy (non-hydrogen) atoms. The van der Waals surface area contributed by atoms with Crippen LogP contribution in [0.4, 0.5) is 0 Å².